The molecule has 0 bridgehead atoms. The summed E-state index contributed by atoms with van der Waals surface area (Å²) in [5.41, 5.74) is 1.81. The number of nitriles is 1. The molecule has 1 aromatic heterocycles. The van der Waals surface area contributed by atoms with Gasteiger partial charge in [-0.1, -0.05) is 11.6 Å². The molecule has 0 aliphatic rings. The molecule has 6 heteroatoms. The van der Waals surface area contributed by atoms with Gasteiger partial charge in [0.2, 0.25) is 0 Å². The minimum absolute atomic E-state index is 0.498. The van der Waals surface area contributed by atoms with Crippen molar-refractivity contribution in [3.8, 4) is 6.07 Å². The van der Waals surface area contributed by atoms with E-state index < -0.39 is 0 Å². The first-order valence-electron chi connectivity index (χ1n) is 5.86. The molecule has 0 fully saturated rings. The lowest BCUT2D eigenvalue weighted by Gasteiger charge is -2.20. The van der Waals surface area contributed by atoms with Crippen LogP contribution in [0, 0.1) is 18.3 Å². The van der Waals surface area contributed by atoms with Gasteiger partial charge in [0, 0.05) is 40.2 Å². The molecule has 0 atom stereocenters. The molecule has 100 valence electrons. The lowest BCUT2D eigenvalue weighted by molar-refractivity contribution is 0.144. The van der Waals surface area contributed by atoms with Crippen LogP contribution in [0.1, 0.15) is 17.8 Å². The van der Waals surface area contributed by atoms with E-state index in [1.807, 2.05) is 14.0 Å². The van der Waals surface area contributed by atoms with Crippen LogP contribution in [-0.2, 0) is 18.3 Å². The van der Waals surface area contributed by atoms with Gasteiger partial charge >= 0.3 is 0 Å². The Balaban J connectivity index is 2.72. The van der Waals surface area contributed by atoms with Crippen LogP contribution in [0.25, 0.3) is 0 Å². The van der Waals surface area contributed by atoms with Crippen molar-refractivity contribution in [3.05, 3.63) is 16.4 Å². The second-order valence-corrected chi connectivity index (χ2v) is 4.52. The fraction of sp³-hybridized carbons (Fsp3) is 0.667. The summed E-state index contributed by atoms with van der Waals surface area (Å²) >= 11 is 6.22. The Morgan fingerprint density at radius 1 is 1.50 bits per heavy atom. The molecule has 1 rings (SSSR count). The Morgan fingerprint density at radius 3 is 2.72 bits per heavy atom. The topological polar surface area (TPSA) is 54.1 Å². The molecule has 0 saturated heterocycles. The Labute approximate surface area is 113 Å². The zero-order valence-electron chi connectivity index (χ0n) is 11.1. The highest BCUT2D eigenvalue weighted by molar-refractivity contribution is 6.31. The number of ether oxygens (including phenoxy) is 1. The first-order chi connectivity index (χ1) is 8.60. The Bertz CT molecular complexity index is 424. The smallest absolute Gasteiger partial charge is 0.0860 e. The third-order valence-electron chi connectivity index (χ3n) is 2.79. The predicted molar refractivity (Wildman–Crippen MR) is 70.3 cm³/mol. The Hall–Kier alpha value is -1.09. The van der Waals surface area contributed by atoms with Gasteiger partial charge in [0.25, 0.3) is 0 Å². The van der Waals surface area contributed by atoms with Gasteiger partial charge in [-0.2, -0.15) is 10.4 Å². The third kappa shape index (κ3) is 3.98. The predicted octanol–water partition coefficient (Wildman–Crippen LogP) is 1.74. The van der Waals surface area contributed by atoms with Crippen LogP contribution < -0.4 is 0 Å². The normalized spacial score (nSPS) is 10.9. The van der Waals surface area contributed by atoms with Gasteiger partial charge in [-0.15, -0.1) is 0 Å². The van der Waals surface area contributed by atoms with E-state index >= 15 is 0 Å². The standard InChI is InChI=1S/C12H19ClN4O/c1-10-12(13)11(16(2)15-10)9-17(6-4-5-14)7-8-18-3/h4,6-9H2,1-3H3. The van der Waals surface area contributed by atoms with Crippen molar-refractivity contribution in [3.63, 3.8) is 0 Å². The second kappa shape index (κ2) is 7.37. The van der Waals surface area contributed by atoms with Gasteiger partial charge in [0.1, 0.15) is 0 Å². The van der Waals surface area contributed by atoms with E-state index in [0.717, 1.165) is 17.9 Å². The van der Waals surface area contributed by atoms with Crippen LogP contribution in [-0.4, -0.2) is 41.5 Å². The van der Waals surface area contributed by atoms with Crippen molar-refractivity contribution in [1.82, 2.24) is 14.7 Å². The van der Waals surface area contributed by atoms with Crippen molar-refractivity contribution >= 4 is 11.6 Å². The van der Waals surface area contributed by atoms with Crippen LogP contribution in [0.2, 0.25) is 5.02 Å². The number of aryl methyl sites for hydroxylation is 2. The van der Waals surface area contributed by atoms with Crippen LogP contribution in [0.4, 0.5) is 0 Å². The third-order valence-corrected chi connectivity index (χ3v) is 3.28. The molecular formula is C12H19ClN4O. The van der Waals surface area contributed by atoms with Gasteiger partial charge in [0.15, 0.2) is 0 Å². The molecule has 0 unspecified atom stereocenters. The number of nitrogens with zero attached hydrogens (tertiary/aromatic N) is 4. The van der Waals surface area contributed by atoms with E-state index in [4.69, 9.17) is 21.6 Å². The van der Waals surface area contributed by atoms with Gasteiger partial charge in [-0.25, -0.2) is 0 Å². The maximum atomic E-state index is 8.67. The molecule has 0 saturated carbocycles. The molecule has 1 aromatic rings. The number of methoxy groups -OCH3 is 1. The van der Waals surface area contributed by atoms with Crippen molar-refractivity contribution in [2.45, 2.75) is 19.9 Å². The average molecular weight is 271 g/mol. The molecule has 0 aliphatic carbocycles. The van der Waals surface area contributed by atoms with E-state index in [0.29, 0.717) is 31.1 Å². The van der Waals surface area contributed by atoms with Gasteiger partial charge in [0.05, 0.1) is 29.1 Å². The van der Waals surface area contributed by atoms with Gasteiger partial charge < -0.3 is 4.74 Å². The first kappa shape index (κ1) is 15.0. The number of hydrogen-bond donors (Lipinski definition) is 0. The highest BCUT2D eigenvalue weighted by Gasteiger charge is 2.14. The highest BCUT2D eigenvalue weighted by Crippen LogP contribution is 2.20. The molecule has 0 N–H and O–H groups in total. The molecule has 0 radical (unpaired) electrons. The van der Waals surface area contributed by atoms with Crippen LogP contribution >= 0.6 is 11.6 Å². The molecule has 0 spiro atoms. The van der Waals surface area contributed by atoms with E-state index in [9.17, 15) is 0 Å². The fourth-order valence-electron chi connectivity index (χ4n) is 1.76. The zero-order chi connectivity index (χ0) is 13.5. The summed E-state index contributed by atoms with van der Waals surface area (Å²) in [6, 6.07) is 2.16. The van der Waals surface area contributed by atoms with E-state index in [1.54, 1.807) is 11.8 Å². The summed E-state index contributed by atoms with van der Waals surface area (Å²) in [7, 11) is 3.55. The molecule has 1 heterocycles. The van der Waals surface area contributed by atoms with Crippen LogP contribution in [0.5, 0.6) is 0 Å². The number of halogens is 1. The van der Waals surface area contributed by atoms with Gasteiger partial charge in [-0.3, -0.25) is 9.58 Å². The molecule has 0 amide bonds. The summed E-state index contributed by atoms with van der Waals surface area (Å²) in [6.45, 7) is 4.70. The summed E-state index contributed by atoms with van der Waals surface area (Å²) in [5, 5.41) is 13.7. The quantitative estimate of drug-likeness (QED) is 0.757. The molecule has 5 nitrogen and oxygen atoms in total. The second-order valence-electron chi connectivity index (χ2n) is 4.15. The van der Waals surface area contributed by atoms with Crippen molar-refractivity contribution in [1.29, 1.82) is 5.26 Å². The van der Waals surface area contributed by atoms with E-state index in [-0.39, 0.29) is 0 Å². The number of rotatable bonds is 7. The summed E-state index contributed by atoms with van der Waals surface area (Å²) in [6.07, 6.45) is 0.498. The largest absolute Gasteiger partial charge is 0.383 e. The average Bonchev–Trinajstić information content (AvgIpc) is 2.58. The van der Waals surface area contributed by atoms with Crippen molar-refractivity contribution in [2.24, 2.45) is 7.05 Å². The summed E-state index contributed by atoms with van der Waals surface area (Å²) in [4.78, 5) is 2.15. The fourth-order valence-corrected chi connectivity index (χ4v) is 1.98. The van der Waals surface area contributed by atoms with E-state index in [1.165, 1.54) is 0 Å². The lowest BCUT2D eigenvalue weighted by Crippen LogP contribution is -2.29. The lowest BCUT2D eigenvalue weighted by atomic mass is 10.3. The monoisotopic (exact) mass is 270 g/mol. The number of hydrogen-bond acceptors (Lipinski definition) is 4. The Kier molecular flexibility index (Phi) is 6.13. The molecule has 18 heavy (non-hydrogen) atoms. The molecule has 0 aromatic carbocycles. The van der Waals surface area contributed by atoms with Crippen molar-refractivity contribution < 1.29 is 4.74 Å². The SMILES string of the molecule is COCCN(CCC#N)Cc1c(Cl)c(C)nn1C. The van der Waals surface area contributed by atoms with Gasteiger partial charge in [-0.05, 0) is 6.92 Å². The zero-order valence-corrected chi connectivity index (χ0v) is 11.9. The first-order valence-corrected chi connectivity index (χ1v) is 6.24. The van der Waals surface area contributed by atoms with Crippen LogP contribution in [0.3, 0.4) is 0 Å². The minimum Gasteiger partial charge on any atom is -0.383 e. The Morgan fingerprint density at radius 2 is 2.22 bits per heavy atom. The number of aromatic nitrogens is 2. The minimum atomic E-state index is 0.498. The highest BCUT2D eigenvalue weighted by atomic mass is 35.5. The van der Waals surface area contributed by atoms with Crippen molar-refractivity contribution in [2.75, 3.05) is 26.8 Å². The summed E-state index contributed by atoms with van der Waals surface area (Å²) < 4.78 is 6.87. The molecule has 0 aliphatic heterocycles. The summed E-state index contributed by atoms with van der Waals surface area (Å²) in [5.74, 6) is 0. The van der Waals surface area contributed by atoms with Crippen LogP contribution in [0.15, 0.2) is 0 Å². The van der Waals surface area contributed by atoms with E-state index in [2.05, 4.69) is 16.1 Å². The molecular weight excluding hydrogens is 252 g/mol. The maximum absolute atomic E-state index is 8.67. The maximum Gasteiger partial charge on any atom is 0.0860 e.